The van der Waals surface area contributed by atoms with Crippen LogP contribution in [0.1, 0.15) is 55.0 Å². The molecule has 0 saturated heterocycles. The first-order valence-corrected chi connectivity index (χ1v) is 9.99. The first-order valence-electron chi connectivity index (χ1n) is 9.99. The highest BCUT2D eigenvalue weighted by atomic mass is 16.5. The third kappa shape index (κ3) is 3.69. The van der Waals surface area contributed by atoms with Gasteiger partial charge in [0.1, 0.15) is 5.82 Å². The number of imidazole rings is 1. The molecule has 1 saturated carbocycles. The predicted octanol–water partition coefficient (Wildman–Crippen LogP) is 3.52. The highest BCUT2D eigenvalue weighted by Gasteiger charge is 2.27. The fraction of sp³-hybridized carbons (Fsp3) is 0.619. The summed E-state index contributed by atoms with van der Waals surface area (Å²) < 4.78 is 8.28. The Labute approximate surface area is 156 Å². The molecule has 5 heteroatoms. The van der Waals surface area contributed by atoms with Crippen molar-refractivity contribution in [2.75, 3.05) is 19.8 Å². The minimum atomic E-state index is 0.315. The second kappa shape index (κ2) is 7.89. The fourth-order valence-corrected chi connectivity index (χ4v) is 3.98. The summed E-state index contributed by atoms with van der Waals surface area (Å²) in [5.41, 5.74) is 3.75. The summed E-state index contributed by atoms with van der Waals surface area (Å²) in [4.78, 5) is 11.8. The number of rotatable bonds is 7. The van der Waals surface area contributed by atoms with Gasteiger partial charge < -0.3 is 9.30 Å². The van der Waals surface area contributed by atoms with Gasteiger partial charge in [-0.3, -0.25) is 9.88 Å². The van der Waals surface area contributed by atoms with Crippen molar-refractivity contribution >= 4 is 0 Å². The van der Waals surface area contributed by atoms with Crippen LogP contribution in [0.4, 0.5) is 0 Å². The lowest BCUT2D eigenvalue weighted by atomic mass is 9.86. The lowest BCUT2D eigenvalue weighted by Gasteiger charge is -2.34. The lowest BCUT2D eigenvalue weighted by Crippen LogP contribution is -2.37. The molecule has 140 valence electrons. The van der Waals surface area contributed by atoms with Crippen LogP contribution in [0.5, 0.6) is 0 Å². The molecule has 5 nitrogen and oxygen atoms in total. The Balaban J connectivity index is 1.35. The van der Waals surface area contributed by atoms with E-state index < -0.39 is 0 Å². The summed E-state index contributed by atoms with van der Waals surface area (Å²) in [5, 5.41) is 0. The van der Waals surface area contributed by atoms with Crippen LogP contribution in [0, 0.1) is 12.8 Å². The number of fused-ring (bicyclic) bond motifs is 1. The molecule has 0 N–H and O–H groups in total. The molecule has 26 heavy (non-hydrogen) atoms. The van der Waals surface area contributed by atoms with E-state index in [2.05, 4.69) is 34.4 Å². The van der Waals surface area contributed by atoms with Gasteiger partial charge in [-0.25, -0.2) is 4.98 Å². The van der Waals surface area contributed by atoms with Crippen LogP contribution in [-0.2, 0) is 24.2 Å². The molecule has 0 aromatic carbocycles. The van der Waals surface area contributed by atoms with Crippen LogP contribution in [0.15, 0.2) is 24.5 Å². The molecule has 3 heterocycles. The molecule has 2 aromatic heterocycles. The minimum absolute atomic E-state index is 0.315. The Morgan fingerprint density at radius 2 is 2.12 bits per heavy atom. The number of ether oxygens (including phenoxy) is 1. The van der Waals surface area contributed by atoms with Crippen LogP contribution in [-0.4, -0.2) is 39.2 Å². The Bertz CT molecular complexity index is 737. The topological polar surface area (TPSA) is 43.2 Å². The first-order chi connectivity index (χ1) is 12.7. The average molecular weight is 354 g/mol. The molecule has 0 amide bonds. The molecular formula is C21H30N4O. The molecule has 1 fully saturated rings. The van der Waals surface area contributed by atoms with Gasteiger partial charge in [-0.05, 0) is 44.2 Å². The number of aryl methyl sites for hydroxylation is 1. The second-order valence-corrected chi connectivity index (χ2v) is 7.79. The maximum absolute atomic E-state index is 5.88. The Hall–Kier alpha value is -1.72. The van der Waals surface area contributed by atoms with Crippen molar-refractivity contribution in [1.82, 2.24) is 19.4 Å². The van der Waals surface area contributed by atoms with Gasteiger partial charge in [-0.1, -0.05) is 12.5 Å². The zero-order valence-corrected chi connectivity index (χ0v) is 16.0. The van der Waals surface area contributed by atoms with Gasteiger partial charge in [0.15, 0.2) is 0 Å². The number of aromatic nitrogens is 3. The highest BCUT2D eigenvalue weighted by molar-refractivity contribution is 5.18. The van der Waals surface area contributed by atoms with E-state index in [1.54, 1.807) is 0 Å². The van der Waals surface area contributed by atoms with Gasteiger partial charge in [0.2, 0.25) is 0 Å². The standard InChI is InChI=1S/C21H30N4O/c1-16-5-4-9-22-20(16)14-24-10-11-25-19(13-23-21(25)17(24)2)8-12-26-15-18-6-3-7-18/h4-5,9,13,17-18H,3,6-8,10-12,14-15H2,1-2H3/t17-/m1/s1. The van der Waals surface area contributed by atoms with Gasteiger partial charge in [-0.15, -0.1) is 0 Å². The predicted molar refractivity (Wildman–Crippen MR) is 102 cm³/mol. The smallest absolute Gasteiger partial charge is 0.126 e. The molecule has 1 atom stereocenters. The first kappa shape index (κ1) is 17.7. The zero-order chi connectivity index (χ0) is 17.9. The summed E-state index contributed by atoms with van der Waals surface area (Å²) >= 11 is 0. The number of pyridine rings is 1. The van der Waals surface area contributed by atoms with Crippen molar-refractivity contribution in [2.45, 2.75) is 58.7 Å². The Kier molecular flexibility index (Phi) is 5.36. The number of hydrogen-bond donors (Lipinski definition) is 0. The van der Waals surface area contributed by atoms with Crippen molar-refractivity contribution in [1.29, 1.82) is 0 Å². The van der Waals surface area contributed by atoms with Crippen LogP contribution >= 0.6 is 0 Å². The molecule has 1 aliphatic carbocycles. The average Bonchev–Trinajstić information content (AvgIpc) is 3.01. The summed E-state index contributed by atoms with van der Waals surface area (Å²) in [6.07, 6.45) is 8.99. The van der Waals surface area contributed by atoms with Gasteiger partial charge in [0.25, 0.3) is 0 Å². The Morgan fingerprint density at radius 1 is 1.23 bits per heavy atom. The monoisotopic (exact) mass is 354 g/mol. The van der Waals surface area contributed by atoms with Gasteiger partial charge >= 0.3 is 0 Å². The molecular weight excluding hydrogens is 324 g/mol. The normalized spacial score (nSPS) is 20.8. The van der Waals surface area contributed by atoms with E-state index in [0.29, 0.717) is 6.04 Å². The summed E-state index contributed by atoms with van der Waals surface area (Å²) in [7, 11) is 0. The molecule has 0 radical (unpaired) electrons. The number of hydrogen-bond acceptors (Lipinski definition) is 4. The van der Waals surface area contributed by atoms with E-state index in [-0.39, 0.29) is 0 Å². The molecule has 0 bridgehead atoms. The lowest BCUT2D eigenvalue weighted by molar-refractivity contribution is 0.0711. The Morgan fingerprint density at radius 3 is 2.88 bits per heavy atom. The van der Waals surface area contributed by atoms with Crippen molar-refractivity contribution in [2.24, 2.45) is 5.92 Å². The maximum atomic E-state index is 5.88. The van der Waals surface area contributed by atoms with Crippen molar-refractivity contribution in [3.63, 3.8) is 0 Å². The summed E-state index contributed by atoms with van der Waals surface area (Å²) in [6, 6.07) is 4.46. The second-order valence-electron chi connectivity index (χ2n) is 7.79. The van der Waals surface area contributed by atoms with Crippen molar-refractivity contribution in [3.05, 3.63) is 47.3 Å². The van der Waals surface area contributed by atoms with Crippen molar-refractivity contribution < 1.29 is 4.74 Å². The quantitative estimate of drug-likeness (QED) is 0.714. The molecule has 2 aromatic rings. The SMILES string of the molecule is Cc1cccnc1CN1CCn2c(CCOCC3CCC3)cnc2[C@H]1C. The minimum Gasteiger partial charge on any atom is -0.381 e. The molecule has 0 spiro atoms. The van der Waals surface area contributed by atoms with E-state index in [4.69, 9.17) is 9.72 Å². The van der Waals surface area contributed by atoms with E-state index >= 15 is 0 Å². The van der Waals surface area contributed by atoms with E-state index in [1.165, 1.54) is 42.0 Å². The summed E-state index contributed by atoms with van der Waals surface area (Å²) in [5.74, 6) is 2.00. The van der Waals surface area contributed by atoms with Crippen molar-refractivity contribution in [3.8, 4) is 0 Å². The van der Waals surface area contributed by atoms with E-state index in [0.717, 1.165) is 45.2 Å². The third-order valence-electron chi connectivity index (χ3n) is 6.05. The van der Waals surface area contributed by atoms with Gasteiger partial charge in [-0.2, -0.15) is 0 Å². The molecule has 4 rings (SSSR count). The molecule has 1 aliphatic heterocycles. The zero-order valence-electron chi connectivity index (χ0n) is 16.0. The van der Waals surface area contributed by atoms with E-state index in [9.17, 15) is 0 Å². The fourth-order valence-electron chi connectivity index (χ4n) is 3.98. The van der Waals surface area contributed by atoms with Crippen LogP contribution < -0.4 is 0 Å². The maximum Gasteiger partial charge on any atom is 0.126 e. The third-order valence-corrected chi connectivity index (χ3v) is 6.05. The summed E-state index contributed by atoms with van der Waals surface area (Å²) in [6.45, 7) is 9.08. The number of nitrogens with zero attached hydrogens (tertiary/aromatic N) is 4. The van der Waals surface area contributed by atoms with Gasteiger partial charge in [0, 0.05) is 50.7 Å². The van der Waals surface area contributed by atoms with Gasteiger partial charge in [0.05, 0.1) is 18.3 Å². The highest BCUT2D eigenvalue weighted by Crippen LogP contribution is 2.28. The van der Waals surface area contributed by atoms with Crippen LogP contribution in [0.3, 0.4) is 0 Å². The molecule has 0 unspecified atom stereocenters. The largest absolute Gasteiger partial charge is 0.381 e. The van der Waals surface area contributed by atoms with Crippen LogP contribution in [0.25, 0.3) is 0 Å². The van der Waals surface area contributed by atoms with Crippen LogP contribution in [0.2, 0.25) is 0 Å². The molecule has 2 aliphatic rings. The van der Waals surface area contributed by atoms with E-state index in [1.807, 2.05) is 18.5 Å².